The van der Waals surface area contributed by atoms with Crippen LogP contribution in [0.5, 0.6) is 5.75 Å². The van der Waals surface area contributed by atoms with Gasteiger partial charge in [-0.15, -0.1) is 9.46 Å². The zero-order valence-corrected chi connectivity index (χ0v) is 5.72. The summed E-state index contributed by atoms with van der Waals surface area (Å²) >= 11 is 0. The van der Waals surface area contributed by atoms with Crippen LogP contribution in [0.15, 0.2) is 4.79 Å². The number of rotatable bonds is 0. The van der Waals surface area contributed by atoms with Gasteiger partial charge in [0.1, 0.15) is 0 Å². The van der Waals surface area contributed by atoms with Gasteiger partial charge in [0.05, 0.1) is 0 Å². The monoisotopic (exact) mass is 174 g/mol. The number of hydrogen-bond acceptors (Lipinski definition) is 6. The van der Waals surface area contributed by atoms with Gasteiger partial charge in [-0.1, -0.05) is 0 Å². The molecular weight excluding hydrogens is 168 g/mol. The molecule has 1 aromatic rings. The summed E-state index contributed by atoms with van der Waals surface area (Å²) < 4.78 is -0.275. The molecule has 0 radical (unpaired) electrons. The predicted molar refractivity (Wildman–Crippen MR) is 35.0 cm³/mol. The van der Waals surface area contributed by atoms with Crippen molar-refractivity contribution in [2.24, 2.45) is 0 Å². The first-order valence-electron chi connectivity index (χ1n) is 2.76. The Hall–Kier alpha value is -2.12. The van der Waals surface area contributed by atoms with Crippen LogP contribution in [0.2, 0.25) is 0 Å². The van der Waals surface area contributed by atoms with Crippen LogP contribution in [0.1, 0.15) is 0 Å². The molecule has 0 fully saturated rings. The van der Waals surface area contributed by atoms with Crippen molar-refractivity contribution < 1.29 is 15.5 Å². The molecule has 0 aliphatic rings. The van der Waals surface area contributed by atoms with E-state index in [4.69, 9.17) is 26.7 Å². The summed E-state index contributed by atoms with van der Waals surface area (Å²) in [5, 5.41) is 33.2. The fourth-order valence-corrected chi connectivity index (χ4v) is 0.610. The minimum Gasteiger partial charge on any atom is -0.500 e. The number of nitrogens with zero attached hydrogens (tertiary/aromatic N) is 2. The zero-order valence-electron chi connectivity index (χ0n) is 5.72. The molecule has 0 bridgehead atoms. The van der Waals surface area contributed by atoms with Gasteiger partial charge < -0.3 is 21.3 Å². The summed E-state index contributed by atoms with van der Waals surface area (Å²) in [6.45, 7) is 0. The Morgan fingerprint density at radius 1 is 1.33 bits per heavy atom. The molecule has 0 amide bonds. The molecule has 8 heteroatoms. The molecule has 1 aromatic heterocycles. The first kappa shape index (κ1) is 7.98. The van der Waals surface area contributed by atoms with Crippen LogP contribution < -0.4 is 16.9 Å². The van der Waals surface area contributed by atoms with Gasteiger partial charge in [0.15, 0.2) is 5.82 Å². The highest BCUT2D eigenvalue weighted by Crippen LogP contribution is 2.07. The topological polar surface area (TPSA) is 137 Å². The first-order chi connectivity index (χ1) is 5.46. The number of anilines is 1. The largest absolute Gasteiger partial charge is 0.500 e. The number of aromatic hydroxyl groups is 1. The van der Waals surface area contributed by atoms with Gasteiger partial charge in [0.25, 0.3) is 5.62 Å². The van der Waals surface area contributed by atoms with Crippen molar-refractivity contribution in [3.05, 3.63) is 16.0 Å². The van der Waals surface area contributed by atoms with Crippen LogP contribution in [-0.2, 0) is 0 Å². The van der Waals surface area contributed by atoms with Crippen molar-refractivity contribution in [2.75, 3.05) is 5.73 Å². The molecule has 6 N–H and O–H groups in total. The lowest BCUT2D eigenvalue weighted by Crippen LogP contribution is -2.38. The van der Waals surface area contributed by atoms with E-state index < -0.39 is 22.7 Å². The molecule has 0 unspecified atom stereocenters. The molecule has 0 aliphatic carbocycles. The normalized spacial score (nSPS) is 10.0. The van der Waals surface area contributed by atoms with E-state index in [0.29, 0.717) is 0 Å². The van der Waals surface area contributed by atoms with Gasteiger partial charge >= 0.3 is 5.56 Å². The average Bonchev–Trinajstić information content (AvgIpc) is 2.08. The van der Waals surface area contributed by atoms with Gasteiger partial charge in [0, 0.05) is 0 Å². The maximum absolute atomic E-state index is 10.7. The highest BCUT2D eigenvalue weighted by Gasteiger charge is 2.12. The van der Waals surface area contributed by atoms with E-state index in [2.05, 4.69) is 0 Å². The van der Waals surface area contributed by atoms with Crippen molar-refractivity contribution in [1.29, 1.82) is 5.41 Å². The fraction of sp³-hybridized carbons (Fsp3) is 0. The molecule has 1 rings (SSSR count). The SMILES string of the molecule is N=c1n(O)c(N)c(O)c(=O)n1O. The quantitative estimate of drug-likeness (QED) is 0.286. The van der Waals surface area contributed by atoms with Crippen LogP contribution in [0, 0.1) is 5.41 Å². The summed E-state index contributed by atoms with van der Waals surface area (Å²) in [5.74, 6) is -1.72. The van der Waals surface area contributed by atoms with E-state index in [1.54, 1.807) is 0 Å². The van der Waals surface area contributed by atoms with Gasteiger partial charge in [-0.05, 0) is 0 Å². The Balaban J connectivity index is 3.86. The minimum absolute atomic E-state index is 0.0310. The van der Waals surface area contributed by atoms with Crippen molar-refractivity contribution in [3.63, 3.8) is 0 Å². The van der Waals surface area contributed by atoms with Crippen LogP contribution in [-0.4, -0.2) is 25.0 Å². The maximum atomic E-state index is 10.7. The lowest BCUT2D eigenvalue weighted by atomic mass is 10.5. The molecule has 0 saturated carbocycles. The van der Waals surface area contributed by atoms with Crippen LogP contribution in [0.3, 0.4) is 0 Å². The second kappa shape index (κ2) is 2.19. The predicted octanol–water partition coefficient (Wildman–Crippen LogP) is -2.11. The van der Waals surface area contributed by atoms with Gasteiger partial charge in [-0.2, -0.15) is 0 Å². The Bertz CT molecular complexity index is 393. The number of nitrogens with two attached hydrogens (primary N) is 1. The summed E-state index contributed by atoms with van der Waals surface area (Å²) in [4.78, 5) is 10.7. The molecule has 0 atom stereocenters. The number of nitrogens with one attached hydrogen (secondary N) is 1. The van der Waals surface area contributed by atoms with Gasteiger partial charge in [-0.25, -0.2) is 0 Å². The Morgan fingerprint density at radius 3 is 2.33 bits per heavy atom. The van der Waals surface area contributed by atoms with E-state index in [-0.39, 0.29) is 9.46 Å². The maximum Gasteiger partial charge on any atom is 0.332 e. The van der Waals surface area contributed by atoms with E-state index in [9.17, 15) is 4.79 Å². The van der Waals surface area contributed by atoms with E-state index >= 15 is 0 Å². The second-order valence-corrected chi connectivity index (χ2v) is 1.99. The number of hydrogen-bond donors (Lipinski definition) is 5. The molecule has 0 aliphatic heterocycles. The van der Waals surface area contributed by atoms with E-state index in [1.807, 2.05) is 0 Å². The molecule has 1 heterocycles. The van der Waals surface area contributed by atoms with Gasteiger partial charge in [0.2, 0.25) is 5.75 Å². The number of aromatic nitrogens is 2. The summed E-state index contributed by atoms with van der Waals surface area (Å²) in [6, 6.07) is 0. The third-order valence-electron chi connectivity index (χ3n) is 1.27. The second-order valence-electron chi connectivity index (χ2n) is 1.99. The van der Waals surface area contributed by atoms with Crippen LogP contribution in [0.25, 0.3) is 0 Å². The summed E-state index contributed by atoms with van der Waals surface area (Å²) in [5.41, 5.74) is 2.76. The van der Waals surface area contributed by atoms with Crippen LogP contribution >= 0.6 is 0 Å². The van der Waals surface area contributed by atoms with E-state index in [1.165, 1.54) is 0 Å². The molecule has 0 spiro atoms. The number of nitrogen functional groups attached to an aromatic ring is 1. The zero-order chi connectivity index (χ0) is 9.46. The van der Waals surface area contributed by atoms with Crippen LogP contribution in [0.4, 0.5) is 5.82 Å². The third-order valence-corrected chi connectivity index (χ3v) is 1.27. The Labute approximate surface area is 64.8 Å². The van der Waals surface area contributed by atoms with Crippen molar-refractivity contribution >= 4 is 5.82 Å². The van der Waals surface area contributed by atoms with E-state index in [0.717, 1.165) is 0 Å². The highest BCUT2D eigenvalue weighted by molar-refractivity contribution is 5.42. The average molecular weight is 174 g/mol. The Morgan fingerprint density at radius 2 is 1.83 bits per heavy atom. The van der Waals surface area contributed by atoms with Crippen molar-refractivity contribution in [2.45, 2.75) is 0 Å². The lowest BCUT2D eigenvalue weighted by Gasteiger charge is -2.05. The smallest absolute Gasteiger partial charge is 0.332 e. The summed E-state index contributed by atoms with van der Waals surface area (Å²) in [7, 11) is 0. The highest BCUT2D eigenvalue weighted by atomic mass is 16.5. The Kier molecular flexibility index (Phi) is 1.45. The van der Waals surface area contributed by atoms with Crippen molar-refractivity contribution in [3.8, 4) is 5.75 Å². The molecule has 0 saturated heterocycles. The molecule has 0 aromatic carbocycles. The van der Waals surface area contributed by atoms with Gasteiger partial charge in [-0.3, -0.25) is 10.2 Å². The minimum atomic E-state index is -1.26. The van der Waals surface area contributed by atoms with Crippen molar-refractivity contribution in [1.82, 2.24) is 9.46 Å². The molecule has 66 valence electrons. The molecule has 8 nitrogen and oxygen atoms in total. The summed E-state index contributed by atoms with van der Waals surface area (Å²) in [6.07, 6.45) is 0. The molecule has 12 heavy (non-hydrogen) atoms. The first-order valence-corrected chi connectivity index (χ1v) is 2.76. The third kappa shape index (κ3) is 0.779. The fourth-order valence-electron chi connectivity index (χ4n) is 0.610. The standard InChI is InChI=1S/C4H6N4O4/c5-2-1(9)3(10)8(12)4(6)7(2)11/h6,9,11-12H,5H2. The lowest BCUT2D eigenvalue weighted by molar-refractivity contribution is 0.0941. The molecular formula is C4H6N4O4.